The first-order valence-electron chi connectivity index (χ1n) is 12.9. The number of hydrogen-bond acceptors (Lipinski definition) is 9. The van der Waals surface area contributed by atoms with Gasteiger partial charge in [0.2, 0.25) is 5.91 Å². The molecule has 0 saturated heterocycles. The molecule has 210 valence electrons. The minimum absolute atomic E-state index is 0.293. The van der Waals surface area contributed by atoms with Crippen LogP contribution in [0.3, 0.4) is 0 Å². The second-order valence-electron chi connectivity index (χ2n) is 9.42. The van der Waals surface area contributed by atoms with Gasteiger partial charge in [-0.3, -0.25) is 9.78 Å². The predicted octanol–water partition coefficient (Wildman–Crippen LogP) is 6.52. The summed E-state index contributed by atoms with van der Waals surface area (Å²) in [7, 11) is 3.85. The van der Waals surface area contributed by atoms with E-state index in [4.69, 9.17) is 16.3 Å². The first kappa shape index (κ1) is 29.8. The summed E-state index contributed by atoms with van der Waals surface area (Å²) >= 11 is 8.03. The van der Waals surface area contributed by atoms with E-state index in [1.165, 1.54) is 24.0 Å². The normalized spacial score (nSPS) is 11.2. The quantitative estimate of drug-likeness (QED) is 0.158. The van der Waals surface area contributed by atoms with E-state index in [0.29, 0.717) is 62.6 Å². The van der Waals surface area contributed by atoms with E-state index >= 15 is 0 Å². The third kappa shape index (κ3) is 7.73. The SMILES string of the molecule is CCOc1cc2ncc(C#N)c(Nc3ccc(Sc4nc(C)cc(C)n4)c(Cl)c3)c2cc1NC(=O)/C=C/CN(C)C. The molecule has 41 heavy (non-hydrogen) atoms. The van der Waals surface area contributed by atoms with Crippen LogP contribution in [0.5, 0.6) is 5.75 Å². The summed E-state index contributed by atoms with van der Waals surface area (Å²) in [6, 6.07) is 13.2. The highest BCUT2D eigenvalue weighted by atomic mass is 35.5. The lowest BCUT2D eigenvalue weighted by atomic mass is 10.1. The number of fused-ring (bicyclic) bond motifs is 1. The van der Waals surface area contributed by atoms with Crippen molar-refractivity contribution in [2.24, 2.45) is 0 Å². The van der Waals surface area contributed by atoms with E-state index in [-0.39, 0.29) is 5.91 Å². The number of likely N-dealkylation sites (N-methyl/N-ethyl adjacent to an activating group) is 1. The van der Waals surface area contributed by atoms with Gasteiger partial charge in [-0.2, -0.15) is 5.26 Å². The number of rotatable bonds is 10. The van der Waals surface area contributed by atoms with Gasteiger partial charge in [0.15, 0.2) is 5.16 Å². The number of nitrogens with zero attached hydrogens (tertiary/aromatic N) is 5. The fraction of sp³-hybridized carbons (Fsp3) is 0.233. The maximum Gasteiger partial charge on any atom is 0.248 e. The van der Waals surface area contributed by atoms with E-state index in [9.17, 15) is 10.1 Å². The van der Waals surface area contributed by atoms with Gasteiger partial charge in [0.1, 0.15) is 11.8 Å². The summed E-state index contributed by atoms with van der Waals surface area (Å²) in [4.78, 5) is 28.8. The van der Waals surface area contributed by atoms with Gasteiger partial charge < -0.3 is 20.3 Å². The van der Waals surface area contributed by atoms with Gasteiger partial charge >= 0.3 is 0 Å². The largest absolute Gasteiger partial charge is 0.492 e. The lowest BCUT2D eigenvalue weighted by molar-refractivity contribution is -0.111. The predicted molar refractivity (Wildman–Crippen MR) is 164 cm³/mol. The molecule has 2 N–H and O–H groups in total. The fourth-order valence-electron chi connectivity index (χ4n) is 4.00. The average molecular weight is 588 g/mol. The van der Waals surface area contributed by atoms with Gasteiger partial charge in [-0.25, -0.2) is 9.97 Å². The van der Waals surface area contributed by atoms with E-state index in [1.807, 2.05) is 58.0 Å². The van der Waals surface area contributed by atoms with Gasteiger partial charge in [0.25, 0.3) is 0 Å². The fourth-order valence-corrected chi connectivity index (χ4v) is 5.16. The third-order valence-corrected chi connectivity index (χ3v) is 7.12. The molecule has 4 rings (SSSR count). The Bertz CT molecular complexity index is 1650. The number of ether oxygens (including phenoxy) is 1. The zero-order chi connectivity index (χ0) is 29.5. The van der Waals surface area contributed by atoms with Crippen molar-refractivity contribution in [3.8, 4) is 11.8 Å². The monoisotopic (exact) mass is 587 g/mol. The van der Waals surface area contributed by atoms with Crippen molar-refractivity contribution < 1.29 is 9.53 Å². The van der Waals surface area contributed by atoms with Crippen LogP contribution < -0.4 is 15.4 Å². The molecule has 11 heteroatoms. The summed E-state index contributed by atoms with van der Waals surface area (Å²) < 4.78 is 5.79. The first-order valence-corrected chi connectivity index (χ1v) is 14.0. The van der Waals surface area contributed by atoms with E-state index in [0.717, 1.165) is 16.3 Å². The number of pyridine rings is 1. The Morgan fingerprint density at radius 3 is 2.59 bits per heavy atom. The zero-order valence-electron chi connectivity index (χ0n) is 23.4. The molecule has 2 aromatic carbocycles. The number of anilines is 3. The van der Waals surface area contributed by atoms with Crippen molar-refractivity contribution in [2.75, 3.05) is 37.9 Å². The van der Waals surface area contributed by atoms with Crippen molar-refractivity contribution in [3.63, 3.8) is 0 Å². The zero-order valence-corrected chi connectivity index (χ0v) is 25.0. The molecule has 0 aliphatic heterocycles. The molecule has 9 nitrogen and oxygen atoms in total. The summed E-state index contributed by atoms with van der Waals surface area (Å²) in [5.74, 6) is 0.189. The third-order valence-electron chi connectivity index (χ3n) is 5.75. The average Bonchev–Trinajstić information content (AvgIpc) is 2.90. The second-order valence-corrected chi connectivity index (χ2v) is 10.8. The summed E-state index contributed by atoms with van der Waals surface area (Å²) in [6.07, 6.45) is 4.76. The van der Waals surface area contributed by atoms with Gasteiger partial charge in [-0.05, 0) is 77.0 Å². The molecular weight excluding hydrogens is 558 g/mol. The maximum absolute atomic E-state index is 12.6. The molecule has 0 bridgehead atoms. The molecule has 0 saturated carbocycles. The van der Waals surface area contributed by atoms with Crippen LogP contribution >= 0.6 is 23.4 Å². The minimum atomic E-state index is -0.293. The molecule has 0 spiro atoms. The number of carbonyl (C=O) groups excluding carboxylic acids is 1. The highest BCUT2D eigenvalue weighted by Crippen LogP contribution is 2.38. The standard InChI is InChI=1S/C30H30ClN7O2S/c1-6-40-26-15-24-22(14-25(26)37-28(39)8-7-11-38(4)5)29(20(16-32)17-33-24)36-21-9-10-27(23(31)13-21)41-30-34-18(2)12-19(3)35-30/h7-10,12-15,17H,6,11H2,1-5H3,(H,33,36)(H,37,39)/b8-7+. The second kappa shape index (κ2) is 13.5. The highest BCUT2D eigenvalue weighted by molar-refractivity contribution is 7.99. The Kier molecular flexibility index (Phi) is 9.78. The molecule has 0 radical (unpaired) electrons. The van der Waals surface area contributed by atoms with Crippen LogP contribution in [0.2, 0.25) is 5.02 Å². The van der Waals surface area contributed by atoms with Gasteiger partial charge in [0, 0.05) is 52.2 Å². The number of nitrogens with one attached hydrogen (secondary N) is 2. The molecule has 2 aromatic heterocycles. The van der Waals surface area contributed by atoms with Crippen molar-refractivity contribution in [3.05, 3.63) is 76.7 Å². The van der Waals surface area contributed by atoms with Crippen LogP contribution in [-0.2, 0) is 4.79 Å². The number of amides is 1. The topological polar surface area (TPSA) is 116 Å². The lowest BCUT2D eigenvalue weighted by Gasteiger charge is -2.16. The Balaban J connectivity index is 1.68. The van der Waals surface area contributed by atoms with E-state index in [2.05, 4.69) is 31.7 Å². The summed E-state index contributed by atoms with van der Waals surface area (Å²) in [6.45, 7) is 6.75. The van der Waals surface area contributed by atoms with Crippen molar-refractivity contribution in [2.45, 2.75) is 30.8 Å². The Hall–Kier alpha value is -4.17. The van der Waals surface area contributed by atoms with Crippen LogP contribution in [0.4, 0.5) is 17.1 Å². The van der Waals surface area contributed by atoms with Gasteiger partial charge in [0.05, 0.1) is 34.1 Å². The number of halogens is 1. The van der Waals surface area contributed by atoms with Crippen molar-refractivity contribution in [1.29, 1.82) is 5.26 Å². The minimum Gasteiger partial charge on any atom is -0.492 e. The number of nitriles is 1. The maximum atomic E-state index is 12.6. The van der Waals surface area contributed by atoms with E-state index < -0.39 is 0 Å². The number of hydrogen-bond donors (Lipinski definition) is 2. The highest BCUT2D eigenvalue weighted by Gasteiger charge is 2.16. The van der Waals surface area contributed by atoms with Gasteiger partial charge in [-0.15, -0.1) is 0 Å². The molecule has 2 heterocycles. The number of aryl methyl sites for hydroxylation is 2. The van der Waals surface area contributed by atoms with Crippen LogP contribution in [0.1, 0.15) is 23.9 Å². The molecule has 1 amide bonds. The van der Waals surface area contributed by atoms with Crippen LogP contribution in [-0.4, -0.2) is 53.0 Å². The van der Waals surface area contributed by atoms with Crippen LogP contribution in [0.25, 0.3) is 10.9 Å². The first-order chi connectivity index (χ1) is 19.7. The Morgan fingerprint density at radius 1 is 1.17 bits per heavy atom. The smallest absolute Gasteiger partial charge is 0.248 e. The molecule has 0 unspecified atom stereocenters. The number of carbonyl (C=O) groups is 1. The molecule has 0 aliphatic carbocycles. The molecule has 0 atom stereocenters. The summed E-state index contributed by atoms with van der Waals surface area (Å²) in [5.41, 5.74) is 4.39. The number of benzene rings is 2. The summed E-state index contributed by atoms with van der Waals surface area (Å²) in [5, 5.41) is 17.9. The Morgan fingerprint density at radius 2 is 1.93 bits per heavy atom. The Labute approximate surface area is 248 Å². The van der Waals surface area contributed by atoms with Gasteiger partial charge in [-0.1, -0.05) is 17.7 Å². The number of aromatic nitrogens is 3. The molecule has 0 aliphatic rings. The molecule has 4 aromatic rings. The van der Waals surface area contributed by atoms with Crippen molar-refractivity contribution >= 4 is 57.2 Å². The lowest BCUT2D eigenvalue weighted by Crippen LogP contribution is -2.13. The van der Waals surface area contributed by atoms with E-state index in [1.54, 1.807) is 24.3 Å². The van der Waals surface area contributed by atoms with Crippen LogP contribution in [0, 0.1) is 25.2 Å². The molecule has 0 fully saturated rings. The van der Waals surface area contributed by atoms with Crippen LogP contribution in [0.15, 0.2) is 64.8 Å². The van der Waals surface area contributed by atoms with Crippen molar-refractivity contribution in [1.82, 2.24) is 19.9 Å². The molecular formula is C30H30ClN7O2S.